The summed E-state index contributed by atoms with van der Waals surface area (Å²) >= 11 is 0. The molecule has 9 nitrogen and oxygen atoms in total. The molecule has 0 saturated carbocycles. The van der Waals surface area contributed by atoms with E-state index in [9.17, 15) is 9.59 Å². The van der Waals surface area contributed by atoms with Crippen molar-refractivity contribution >= 4 is 28.5 Å². The molecule has 0 atom stereocenters. The van der Waals surface area contributed by atoms with Gasteiger partial charge in [-0.1, -0.05) is 19.1 Å². The van der Waals surface area contributed by atoms with E-state index >= 15 is 0 Å². The van der Waals surface area contributed by atoms with Gasteiger partial charge >= 0.3 is 0 Å². The molecule has 35 heavy (non-hydrogen) atoms. The van der Waals surface area contributed by atoms with Crippen molar-refractivity contribution in [1.82, 2.24) is 20.1 Å². The molecule has 0 aliphatic rings. The van der Waals surface area contributed by atoms with Crippen LogP contribution in [-0.2, 0) is 17.6 Å². The van der Waals surface area contributed by atoms with Gasteiger partial charge in [-0.05, 0) is 36.2 Å². The number of hydrogen-bond acceptors (Lipinski definition) is 6. The minimum Gasteiger partial charge on any atom is -0.496 e. The molecule has 0 bridgehead atoms. The second kappa shape index (κ2) is 10.3. The molecule has 0 spiro atoms. The van der Waals surface area contributed by atoms with Crippen molar-refractivity contribution in [2.45, 2.75) is 19.8 Å². The predicted octanol–water partition coefficient (Wildman–Crippen LogP) is 4.20. The topological polar surface area (TPSA) is 109 Å². The summed E-state index contributed by atoms with van der Waals surface area (Å²) in [4.78, 5) is 30.9. The Morgan fingerprint density at radius 2 is 1.83 bits per heavy atom. The second-order valence-corrected chi connectivity index (χ2v) is 8.18. The van der Waals surface area contributed by atoms with Gasteiger partial charge in [0.05, 0.1) is 24.6 Å². The summed E-state index contributed by atoms with van der Waals surface area (Å²) in [5.41, 5.74) is 2.87. The molecule has 2 amide bonds. The molecule has 0 saturated heterocycles. The van der Waals surface area contributed by atoms with Crippen molar-refractivity contribution in [3.63, 3.8) is 0 Å². The number of aromatic nitrogens is 3. The zero-order valence-corrected chi connectivity index (χ0v) is 20.1. The number of methoxy groups -OCH3 is 1. The van der Waals surface area contributed by atoms with Crippen molar-refractivity contribution in [3.8, 4) is 17.2 Å². The lowest BCUT2D eigenvalue weighted by Gasteiger charge is -2.15. The van der Waals surface area contributed by atoms with E-state index in [0.717, 1.165) is 17.7 Å². The molecule has 0 unspecified atom stereocenters. The fraction of sp³-hybridized carbons (Fsp3) is 0.231. The molecule has 4 aromatic rings. The quantitative estimate of drug-likeness (QED) is 0.397. The van der Waals surface area contributed by atoms with E-state index in [4.69, 9.17) is 9.47 Å². The molecule has 0 radical (unpaired) electrons. The number of amides is 2. The van der Waals surface area contributed by atoms with Crippen LogP contribution in [-0.4, -0.2) is 53.1 Å². The number of hydrogen-bond donors (Lipinski definition) is 2. The van der Waals surface area contributed by atoms with Gasteiger partial charge in [0.15, 0.2) is 5.82 Å². The molecule has 0 aliphatic heterocycles. The van der Waals surface area contributed by atoms with Gasteiger partial charge in [0.2, 0.25) is 5.91 Å². The first-order valence-corrected chi connectivity index (χ1v) is 11.2. The van der Waals surface area contributed by atoms with Crippen LogP contribution in [0.15, 0.2) is 54.7 Å². The van der Waals surface area contributed by atoms with E-state index in [-0.39, 0.29) is 18.2 Å². The first-order chi connectivity index (χ1) is 16.9. The van der Waals surface area contributed by atoms with Crippen molar-refractivity contribution in [2.75, 3.05) is 26.5 Å². The maximum absolute atomic E-state index is 12.6. The summed E-state index contributed by atoms with van der Waals surface area (Å²) in [5.74, 6) is 1.78. The summed E-state index contributed by atoms with van der Waals surface area (Å²) in [6.07, 6.45) is 2.67. The summed E-state index contributed by atoms with van der Waals surface area (Å²) in [6.45, 7) is 2.01. The van der Waals surface area contributed by atoms with Crippen LogP contribution in [0.3, 0.4) is 0 Å². The van der Waals surface area contributed by atoms with Crippen LogP contribution in [0.4, 0.5) is 5.82 Å². The number of anilines is 1. The standard InChI is InChI=1S/C26H27N5O4/c1-5-17-13-24(30-29-17)28-25(32)12-16-6-8-18(9-7-16)35-22-10-11-27-21-15-23(34-4)20(14-19(21)22)26(33)31(2)3/h6-11,13-15H,5,12H2,1-4H3,(H2,28,29,30,32). The van der Waals surface area contributed by atoms with E-state index in [2.05, 4.69) is 20.5 Å². The van der Waals surface area contributed by atoms with Gasteiger partial charge in [-0.3, -0.25) is 19.7 Å². The Labute approximate surface area is 203 Å². The zero-order valence-electron chi connectivity index (χ0n) is 20.1. The van der Waals surface area contributed by atoms with Crippen molar-refractivity contribution < 1.29 is 19.1 Å². The van der Waals surface area contributed by atoms with Gasteiger partial charge < -0.3 is 19.7 Å². The monoisotopic (exact) mass is 473 g/mol. The summed E-state index contributed by atoms with van der Waals surface area (Å²) in [5, 5.41) is 10.4. The maximum Gasteiger partial charge on any atom is 0.257 e. The molecule has 2 aromatic heterocycles. The summed E-state index contributed by atoms with van der Waals surface area (Å²) < 4.78 is 11.5. The number of pyridine rings is 1. The lowest BCUT2D eigenvalue weighted by atomic mass is 10.1. The van der Waals surface area contributed by atoms with Crippen LogP contribution in [0.25, 0.3) is 10.9 Å². The summed E-state index contributed by atoms with van der Waals surface area (Å²) in [7, 11) is 4.89. The van der Waals surface area contributed by atoms with Gasteiger partial charge in [0.25, 0.3) is 5.91 Å². The first kappa shape index (κ1) is 23.7. The minimum absolute atomic E-state index is 0.153. The highest BCUT2D eigenvalue weighted by Crippen LogP contribution is 2.33. The average Bonchev–Trinajstić information content (AvgIpc) is 3.31. The van der Waals surface area contributed by atoms with Gasteiger partial charge in [-0.2, -0.15) is 5.10 Å². The molecular weight excluding hydrogens is 446 g/mol. The number of rotatable bonds is 8. The highest BCUT2D eigenvalue weighted by molar-refractivity contribution is 6.02. The molecule has 2 aromatic carbocycles. The Kier molecular flexibility index (Phi) is 6.96. The molecule has 2 N–H and O–H groups in total. The summed E-state index contributed by atoms with van der Waals surface area (Å²) in [6, 6.07) is 14.3. The third-order valence-corrected chi connectivity index (χ3v) is 5.45. The fourth-order valence-electron chi connectivity index (χ4n) is 3.60. The largest absolute Gasteiger partial charge is 0.496 e. The smallest absolute Gasteiger partial charge is 0.257 e. The number of fused-ring (bicyclic) bond motifs is 1. The van der Waals surface area contributed by atoms with E-state index in [1.54, 1.807) is 50.6 Å². The van der Waals surface area contributed by atoms with Crippen LogP contribution >= 0.6 is 0 Å². The van der Waals surface area contributed by atoms with Crippen LogP contribution in [0.1, 0.15) is 28.5 Å². The number of nitrogens with zero attached hydrogens (tertiary/aromatic N) is 3. The van der Waals surface area contributed by atoms with Gasteiger partial charge in [0, 0.05) is 43.5 Å². The van der Waals surface area contributed by atoms with Crippen LogP contribution < -0.4 is 14.8 Å². The van der Waals surface area contributed by atoms with Crippen molar-refractivity contribution in [2.24, 2.45) is 0 Å². The lowest BCUT2D eigenvalue weighted by Crippen LogP contribution is -2.22. The Balaban J connectivity index is 1.51. The normalized spacial score (nSPS) is 10.7. The number of aryl methyl sites for hydroxylation is 1. The number of benzene rings is 2. The van der Waals surface area contributed by atoms with E-state index in [0.29, 0.717) is 39.5 Å². The van der Waals surface area contributed by atoms with Gasteiger partial charge in [-0.25, -0.2) is 0 Å². The number of aromatic amines is 1. The third-order valence-electron chi connectivity index (χ3n) is 5.45. The molecule has 0 aliphatic carbocycles. The Morgan fingerprint density at radius 3 is 2.49 bits per heavy atom. The van der Waals surface area contributed by atoms with Crippen LogP contribution in [0.2, 0.25) is 0 Å². The van der Waals surface area contributed by atoms with Crippen molar-refractivity contribution in [1.29, 1.82) is 0 Å². The molecule has 2 heterocycles. The van der Waals surface area contributed by atoms with Crippen LogP contribution in [0.5, 0.6) is 17.2 Å². The Morgan fingerprint density at radius 1 is 1.06 bits per heavy atom. The molecule has 9 heteroatoms. The Bertz CT molecular complexity index is 1360. The highest BCUT2D eigenvalue weighted by atomic mass is 16.5. The van der Waals surface area contributed by atoms with E-state index in [1.807, 2.05) is 25.1 Å². The molecule has 4 rings (SSSR count). The zero-order chi connectivity index (χ0) is 24.9. The van der Waals surface area contributed by atoms with Gasteiger partial charge in [0.1, 0.15) is 17.2 Å². The predicted molar refractivity (Wildman–Crippen MR) is 133 cm³/mol. The number of carbonyl (C=O) groups is 2. The van der Waals surface area contributed by atoms with Crippen molar-refractivity contribution in [3.05, 3.63) is 71.5 Å². The van der Waals surface area contributed by atoms with E-state index in [1.165, 1.54) is 12.0 Å². The van der Waals surface area contributed by atoms with Crippen LogP contribution in [0, 0.1) is 0 Å². The van der Waals surface area contributed by atoms with E-state index < -0.39 is 0 Å². The molecule has 180 valence electrons. The number of ether oxygens (including phenoxy) is 2. The minimum atomic E-state index is -0.179. The Hall–Kier alpha value is -4.40. The number of carbonyl (C=O) groups excluding carboxylic acids is 2. The SMILES string of the molecule is CCc1cc(NC(=O)Cc2ccc(Oc3ccnc4cc(OC)c(C(=O)N(C)C)cc34)cc2)n[nH]1. The number of H-pyrrole nitrogens is 1. The third kappa shape index (κ3) is 5.40. The van der Waals surface area contributed by atoms with Gasteiger partial charge in [-0.15, -0.1) is 0 Å². The fourth-order valence-corrected chi connectivity index (χ4v) is 3.60. The lowest BCUT2D eigenvalue weighted by molar-refractivity contribution is -0.115. The molecular formula is C26H27N5O4. The second-order valence-electron chi connectivity index (χ2n) is 8.18. The maximum atomic E-state index is 12.6. The first-order valence-electron chi connectivity index (χ1n) is 11.2. The average molecular weight is 474 g/mol. The highest BCUT2D eigenvalue weighted by Gasteiger charge is 2.18. The molecule has 0 fully saturated rings. The number of nitrogens with one attached hydrogen (secondary N) is 2.